The maximum absolute atomic E-state index is 10.6. The maximum atomic E-state index is 10.6. The monoisotopic (exact) mass is 110 g/mol. The number of carbonyl (C=O) groups excluding carboxylic acids is 1. The van der Waals surface area contributed by atoms with Gasteiger partial charge in [-0.25, -0.2) is 0 Å². The van der Waals surface area contributed by atoms with E-state index >= 15 is 0 Å². The number of hydrogen-bond acceptors (Lipinski definition) is 1. The van der Waals surface area contributed by atoms with Crippen molar-refractivity contribution in [3.05, 3.63) is 13.5 Å². The summed E-state index contributed by atoms with van der Waals surface area (Å²) >= 11 is 0. The number of nitrogens with zero attached hydrogens (tertiary/aromatic N) is 1. The molecule has 1 amide bonds. The number of carbonyl (C=O) groups is 1. The Hall–Kier alpha value is -0.530. The quantitative estimate of drug-likeness (QED) is 0.481. The first-order valence-electron chi connectivity index (χ1n) is 2.69. The predicted molar refractivity (Wildman–Crippen MR) is 29.5 cm³/mol. The van der Waals surface area contributed by atoms with Crippen molar-refractivity contribution >= 4 is 5.91 Å². The summed E-state index contributed by atoms with van der Waals surface area (Å²) in [4.78, 5) is 12.2. The highest BCUT2D eigenvalue weighted by molar-refractivity contribution is 5.78. The van der Waals surface area contributed by atoms with Gasteiger partial charge in [0.05, 0.1) is 6.54 Å². The van der Waals surface area contributed by atoms with Gasteiger partial charge < -0.3 is 4.90 Å². The normalized spacial score (nSPS) is 20.1. The maximum Gasteiger partial charge on any atom is 0.222 e. The van der Waals surface area contributed by atoms with Crippen LogP contribution in [0.4, 0.5) is 0 Å². The number of rotatable bonds is 1. The topological polar surface area (TPSA) is 20.3 Å². The molecule has 1 aliphatic rings. The second kappa shape index (κ2) is 2.16. The lowest BCUT2D eigenvalue weighted by Crippen LogP contribution is -2.19. The van der Waals surface area contributed by atoms with Crippen LogP contribution in [0.1, 0.15) is 12.8 Å². The molecule has 1 heterocycles. The largest absolute Gasteiger partial charge is 0.337 e. The fourth-order valence-corrected chi connectivity index (χ4v) is 0.827. The summed E-state index contributed by atoms with van der Waals surface area (Å²) in [5.41, 5.74) is 0. The lowest BCUT2D eigenvalue weighted by molar-refractivity contribution is -0.126. The number of hydrogen-bond donors (Lipinski definition) is 0. The minimum atomic E-state index is 0.146. The Balaban J connectivity index is 2.42. The van der Waals surface area contributed by atoms with Gasteiger partial charge in [-0.15, -0.1) is 0 Å². The van der Waals surface area contributed by atoms with E-state index in [0.717, 1.165) is 13.0 Å². The fourth-order valence-electron chi connectivity index (χ4n) is 0.827. The van der Waals surface area contributed by atoms with Gasteiger partial charge in [0.15, 0.2) is 0 Å². The molecule has 0 unspecified atom stereocenters. The van der Waals surface area contributed by atoms with E-state index in [1.165, 1.54) is 6.54 Å². The molecular weight excluding hydrogens is 102 g/mol. The molecule has 0 atom stereocenters. The van der Waals surface area contributed by atoms with Crippen molar-refractivity contribution in [2.75, 3.05) is 6.54 Å². The first-order chi connectivity index (χ1) is 3.84. The molecule has 43 valence electrons. The number of likely N-dealkylation sites (tertiary alicyclic amines) is 1. The molecule has 1 rings (SSSR count). The average Bonchev–Trinajstić information content (AvgIpc) is 2.14. The summed E-state index contributed by atoms with van der Waals surface area (Å²) in [7, 11) is 0. The van der Waals surface area contributed by atoms with E-state index in [-0.39, 0.29) is 5.91 Å². The third kappa shape index (κ3) is 0.831. The van der Waals surface area contributed by atoms with Crippen molar-refractivity contribution in [3.63, 3.8) is 0 Å². The van der Waals surface area contributed by atoms with Gasteiger partial charge in [0.1, 0.15) is 0 Å². The van der Waals surface area contributed by atoms with Crippen molar-refractivity contribution in [2.45, 2.75) is 12.8 Å². The second-order valence-electron chi connectivity index (χ2n) is 1.84. The second-order valence-corrected chi connectivity index (χ2v) is 1.84. The van der Waals surface area contributed by atoms with Crippen LogP contribution in [0.5, 0.6) is 0 Å². The highest BCUT2D eigenvalue weighted by atomic mass is 16.2. The molecule has 8 heavy (non-hydrogen) atoms. The van der Waals surface area contributed by atoms with Crippen LogP contribution in [-0.4, -0.2) is 17.4 Å². The Bertz CT molecular complexity index is 101. The Morgan fingerprint density at radius 1 is 1.75 bits per heavy atom. The summed E-state index contributed by atoms with van der Waals surface area (Å²) in [5, 5.41) is 0. The Morgan fingerprint density at radius 2 is 2.50 bits per heavy atom. The Labute approximate surface area is 49.5 Å². The van der Waals surface area contributed by atoms with E-state index in [2.05, 4.69) is 0 Å². The number of amides is 1. The van der Waals surface area contributed by atoms with Crippen molar-refractivity contribution in [3.8, 4) is 0 Å². The standard InChI is InChI=1S/C6H8NO/c1-2-7-5-3-4-6(7)8/h1-2H,3-5H2. The zero-order valence-electron chi connectivity index (χ0n) is 4.63. The van der Waals surface area contributed by atoms with Crippen molar-refractivity contribution in [1.29, 1.82) is 0 Å². The lowest BCUT2D eigenvalue weighted by Gasteiger charge is -2.08. The van der Waals surface area contributed by atoms with E-state index in [1.54, 1.807) is 4.90 Å². The van der Waals surface area contributed by atoms with Gasteiger partial charge in [-0.3, -0.25) is 4.79 Å². The Morgan fingerprint density at radius 3 is 2.75 bits per heavy atom. The molecule has 0 aromatic carbocycles. The first kappa shape index (κ1) is 5.60. The summed E-state index contributed by atoms with van der Waals surface area (Å²) in [6.45, 7) is 7.25. The van der Waals surface area contributed by atoms with Crippen LogP contribution >= 0.6 is 0 Å². The average molecular weight is 110 g/mol. The molecular formula is C6H8NO. The molecule has 0 aromatic heterocycles. The molecule has 0 aliphatic carbocycles. The molecule has 2 nitrogen and oxygen atoms in total. The zero-order valence-corrected chi connectivity index (χ0v) is 4.63. The molecule has 1 fully saturated rings. The van der Waals surface area contributed by atoms with E-state index < -0.39 is 0 Å². The summed E-state index contributed by atoms with van der Waals surface area (Å²) in [6.07, 6.45) is 1.61. The van der Waals surface area contributed by atoms with Gasteiger partial charge in [-0.2, -0.15) is 0 Å². The molecule has 3 radical (unpaired) electrons. The van der Waals surface area contributed by atoms with Gasteiger partial charge in [-0.05, 0) is 13.3 Å². The molecule has 2 heteroatoms. The minimum absolute atomic E-state index is 0.146. The third-order valence-electron chi connectivity index (χ3n) is 1.29. The van der Waals surface area contributed by atoms with Crippen molar-refractivity contribution in [1.82, 2.24) is 4.90 Å². The van der Waals surface area contributed by atoms with Crippen LogP contribution < -0.4 is 0 Å². The summed E-state index contributed by atoms with van der Waals surface area (Å²) in [6, 6.07) is 0. The summed E-state index contributed by atoms with van der Waals surface area (Å²) < 4.78 is 0. The minimum Gasteiger partial charge on any atom is -0.337 e. The van der Waals surface area contributed by atoms with E-state index in [9.17, 15) is 4.79 Å². The third-order valence-corrected chi connectivity index (χ3v) is 1.29. The molecule has 0 N–H and O–H groups in total. The van der Waals surface area contributed by atoms with Gasteiger partial charge in [0.25, 0.3) is 0 Å². The molecule has 0 spiro atoms. The van der Waals surface area contributed by atoms with Crippen molar-refractivity contribution < 1.29 is 4.79 Å². The van der Waals surface area contributed by atoms with Crippen LogP contribution in [0.15, 0.2) is 0 Å². The van der Waals surface area contributed by atoms with E-state index in [0.29, 0.717) is 6.42 Å². The highest BCUT2D eigenvalue weighted by Gasteiger charge is 2.17. The van der Waals surface area contributed by atoms with E-state index in [1.807, 2.05) is 0 Å². The highest BCUT2D eigenvalue weighted by Crippen LogP contribution is 2.09. The van der Waals surface area contributed by atoms with Crippen molar-refractivity contribution in [2.24, 2.45) is 0 Å². The lowest BCUT2D eigenvalue weighted by atomic mass is 10.4. The molecule has 0 bridgehead atoms. The Kier molecular flexibility index (Phi) is 1.51. The van der Waals surface area contributed by atoms with Crippen LogP contribution in [-0.2, 0) is 4.79 Å². The molecule has 1 saturated heterocycles. The van der Waals surface area contributed by atoms with Crippen LogP contribution in [0.2, 0.25) is 0 Å². The molecule has 0 aromatic rings. The van der Waals surface area contributed by atoms with E-state index in [4.69, 9.17) is 6.92 Å². The summed E-state index contributed by atoms with van der Waals surface area (Å²) in [5.74, 6) is 0.146. The predicted octanol–water partition coefficient (Wildman–Crippen LogP) is 0.482. The zero-order chi connectivity index (χ0) is 5.98. The van der Waals surface area contributed by atoms with Crippen LogP contribution in [0.25, 0.3) is 0 Å². The van der Waals surface area contributed by atoms with Gasteiger partial charge in [0, 0.05) is 13.0 Å². The van der Waals surface area contributed by atoms with Gasteiger partial charge >= 0.3 is 0 Å². The fraction of sp³-hybridized carbons (Fsp3) is 0.500. The molecule has 1 aliphatic heterocycles. The SMILES string of the molecule is [CH][CH]N1CCCC1=O. The van der Waals surface area contributed by atoms with Gasteiger partial charge in [0.2, 0.25) is 5.91 Å². The van der Waals surface area contributed by atoms with Crippen LogP contribution in [0, 0.1) is 13.5 Å². The first-order valence-corrected chi connectivity index (χ1v) is 2.69. The molecule has 0 saturated carbocycles. The van der Waals surface area contributed by atoms with Gasteiger partial charge in [-0.1, -0.05) is 0 Å². The smallest absolute Gasteiger partial charge is 0.222 e. The van der Waals surface area contributed by atoms with Crippen LogP contribution in [0.3, 0.4) is 0 Å².